The summed E-state index contributed by atoms with van der Waals surface area (Å²) in [6, 6.07) is -4.29. The van der Waals surface area contributed by atoms with Crippen molar-refractivity contribution in [3.05, 3.63) is 0 Å². The number of hydrogen-bond acceptors (Lipinski definition) is 52. The third kappa shape index (κ3) is 21.4. The van der Waals surface area contributed by atoms with Crippen molar-refractivity contribution < 1.29 is 257 Å². The number of nitrogens with one attached hydrogen (secondary N) is 2. The van der Waals surface area contributed by atoms with E-state index in [1.807, 2.05) is 0 Å². The highest BCUT2D eigenvalue weighted by molar-refractivity contribution is 5.73. The molecule has 1 unspecified atom stereocenters. The summed E-state index contributed by atoms with van der Waals surface area (Å²) in [5, 5.41) is 329. The summed E-state index contributed by atoms with van der Waals surface area (Å²) in [5.41, 5.74) is 0. The maximum Gasteiger partial charge on any atom is 0.217 e. The van der Waals surface area contributed by atoms with E-state index in [0.717, 1.165) is 20.8 Å². The zero-order valence-electron chi connectivity index (χ0n) is 67.1. The molecule has 55 atom stereocenters. The zero-order chi connectivity index (χ0) is 91.1. The molecule has 0 aromatic rings. The van der Waals surface area contributed by atoms with E-state index in [9.17, 15) is 158 Å². The fourth-order valence-electron chi connectivity index (χ4n) is 16.4. The van der Waals surface area contributed by atoms with Crippen LogP contribution in [0.4, 0.5) is 0 Å². The molecule has 54 heteroatoms. The first-order valence-electron chi connectivity index (χ1n) is 40.1. The standard InChI is InChI=1S/C70H118N2O52/c1-14-29(81)36(88)44(96)63(105-14)120-55-27(71-18(5)79)60(103)109-26(13-104-62-49(101)43(95)51(17(4)108-62)116-65-46(98)38(90)32(84)20(7-73)110-65)54(55)117-61-28(72-19(6)80)56(121-69-58(41(93)31(83)16(3)107-69)124-67-48(100)40(92)34(86)22(9-75)112-67)52(24(11-77)114-61)118-68-50(102)57(122-66-47(99)39(91)33(85)21(8-74)111-66)53(25(12-78)115-68)119-70-59(42(94)35(87)23(10-76)113-70)123-64-45(97)37(89)30(82)15(2)106-64/h14-17,20-70,73-78,81-103H,7-13H2,1-6H3,(H,71,79)(H,72,80)/t14-,15-,16-,17-,20+,21+,22+,23+,24+,25+,26+,27+,28+,29+,30+,31+,32-,33+,34-,35-,36+,37+,38-,39-,40-,41+,42-,43-,44-,45-,46+,47-,48+,49-,50-,51+,52+,53+,54+,55+,56+,57+,58-,59+,60+,61-,62+,63-,64-,65-,66+,67?,68-,69-,70-/m0/s1. The van der Waals surface area contributed by atoms with Crippen molar-refractivity contribution >= 4 is 11.8 Å². The van der Waals surface area contributed by atoms with E-state index in [-0.39, 0.29) is 0 Å². The Morgan fingerprint density at radius 1 is 0.226 bits per heavy atom. The highest BCUT2D eigenvalue weighted by atomic mass is 16.8. The molecule has 11 saturated heterocycles. The van der Waals surface area contributed by atoms with Crippen LogP contribution in [-0.4, -0.2) is 544 Å². The van der Waals surface area contributed by atoms with Crippen LogP contribution in [0.25, 0.3) is 0 Å². The average molecular weight is 1820 g/mol. The first-order valence-corrected chi connectivity index (χ1v) is 40.1. The lowest BCUT2D eigenvalue weighted by atomic mass is 9.92. The average Bonchev–Trinajstić information content (AvgIpc) is 0.751. The minimum absolute atomic E-state index is 0.864. The Hall–Kier alpha value is -3.06. The minimum Gasteiger partial charge on any atom is -0.394 e. The van der Waals surface area contributed by atoms with Crippen LogP contribution in [0.3, 0.4) is 0 Å². The summed E-state index contributed by atoms with van der Waals surface area (Å²) in [6.45, 7) is -1.44. The van der Waals surface area contributed by atoms with Crippen molar-refractivity contribution in [3.63, 3.8) is 0 Å². The van der Waals surface area contributed by atoms with E-state index < -0.39 is 396 Å². The first kappa shape index (κ1) is 101. The molecule has 11 aliphatic rings. The summed E-state index contributed by atoms with van der Waals surface area (Å²) in [4.78, 5) is 27.6. The molecule has 54 nitrogen and oxygen atoms in total. The molecule has 0 spiro atoms. The van der Waals surface area contributed by atoms with Crippen LogP contribution in [0.2, 0.25) is 0 Å². The summed E-state index contributed by atoms with van der Waals surface area (Å²) in [6.07, 6.45) is -111. The largest absolute Gasteiger partial charge is 0.394 e. The van der Waals surface area contributed by atoms with Gasteiger partial charge in [-0.3, -0.25) is 9.59 Å². The molecule has 0 saturated carbocycles. The second-order valence-electron chi connectivity index (χ2n) is 32.2. The van der Waals surface area contributed by atoms with Crippen molar-refractivity contribution in [1.82, 2.24) is 10.6 Å². The number of amides is 2. The van der Waals surface area contributed by atoms with E-state index in [2.05, 4.69) is 10.6 Å². The van der Waals surface area contributed by atoms with Gasteiger partial charge in [0.15, 0.2) is 69.2 Å². The minimum atomic E-state index is -2.68. The van der Waals surface area contributed by atoms with E-state index in [4.69, 9.17) is 99.5 Å². The van der Waals surface area contributed by atoms with Gasteiger partial charge in [-0.25, -0.2) is 0 Å². The van der Waals surface area contributed by atoms with Crippen LogP contribution in [0.15, 0.2) is 0 Å². The lowest BCUT2D eigenvalue weighted by molar-refractivity contribution is -0.415. The number of carbonyl (C=O) groups excluding carboxylic acids is 2. The lowest BCUT2D eigenvalue weighted by Gasteiger charge is -2.53. The molecule has 11 rings (SSSR count). The molecule has 11 aliphatic heterocycles. The van der Waals surface area contributed by atoms with Gasteiger partial charge in [-0.05, 0) is 27.7 Å². The number of carbonyl (C=O) groups is 2. The van der Waals surface area contributed by atoms with Gasteiger partial charge in [-0.2, -0.15) is 0 Å². The molecular weight excluding hydrogens is 1700 g/mol. The molecular formula is C70H118N2O52. The van der Waals surface area contributed by atoms with Crippen LogP contribution in [0, 0.1) is 0 Å². The predicted molar refractivity (Wildman–Crippen MR) is 380 cm³/mol. The Balaban J connectivity index is 1.01. The quantitative estimate of drug-likeness (QED) is 0.0331. The van der Waals surface area contributed by atoms with Gasteiger partial charge in [0.1, 0.15) is 244 Å². The van der Waals surface area contributed by atoms with Crippen molar-refractivity contribution in [2.45, 2.75) is 379 Å². The first-order chi connectivity index (χ1) is 58.5. The molecule has 124 heavy (non-hydrogen) atoms. The third-order valence-electron chi connectivity index (χ3n) is 23.6. The number of aliphatic hydroxyl groups is 29. The maximum atomic E-state index is 14.2. The fraction of sp³-hybridized carbons (Fsp3) is 0.971. The topological polar surface area (TPSA) is 839 Å². The highest BCUT2D eigenvalue weighted by Gasteiger charge is 2.63. The number of hydrogen-bond donors (Lipinski definition) is 31. The van der Waals surface area contributed by atoms with Crippen molar-refractivity contribution in [3.8, 4) is 0 Å². The van der Waals surface area contributed by atoms with Crippen LogP contribution in [-0.2, 0) is 109 Å². The molecule has 2 amide bonds. The van der Waals surface area contributed by atoms with Crippen LogP contribution in [0.5, 0.6) is 0 Å². The molecule has 0 bridgehead atoms. The maximum absolute atomic E-state index is 14.2. The van der Waals surface area contributed by atoms with Crippen LogP contribution < -0.4 is 10.6 Å². The second kappa shape index (κ2) is 43.3. The van der Waals surface area contributed by atoms with Gasteiger partial charge in [-0.1, -0.05) is 0 Å². The van der Waals surface area contributed by atoms with E-state index in [1.165, 1.54) is 20.8 Å². The Kier molecular flexibility index (Phi) is 35.4. The summed E-state index contributed by atoms with van der Waals surface area (Å²) in [7, 11) is 0. The zero-order valence-corrected chi connectivity index (χ0v) is 67.1. The van der Waals surface area contributed by atoms with E-state index in [1.54, 1.807) is 0 Å². The Morgan fingerprint density at radius 2 is 0.484 bits per heavy atom. The fourth-order valence-corrected chi connectivity index (χ4v) is 16.4. The second-order valence-corrected chi connectivity index (χ2v) is 32.2. The van der Waals surface area contributed by atoms with Crippen molar-refractivity contribution in [2.75, 3.05) is 46.2 Å². The van der Waals surface area contributed by atoms with Crippen molar-refractivity contribution in [2.24, 2.45) is 0 Å². The van der Waals surface area contributed by atoms with Crippen LogP contribution >= 0.6 is 0 Å². The van der Waals surface area contributed by atoms with Gasteiger partial charge >= 0.3 is 0 Å². The van der Waals surface area contributed by atoms with E-state index in [0.29, 0.717) is 0 Å². The highest BCUT2D eigenvalue weighted by Crippen LogP contribution is 2.43. The molecule has 0 radical (unpaired) electrons. The van der Waals surface area contributed by atoms with Gasteiger partial charge < -0.3 is 258 Å². The van der Waals surface area contributed by atoms with Gasteiger partial charge in [0.25, 0.3) is 0 Å². The summed E-state index contributed by atoms with van der Waals surface area (Å²) < 4.78 is 128. The number of ether oxygens (including phenoxy) is 21. The number of aliphatic hydroxyl groups excluding tert-OH is 29. The van der Waals surface area contributed by atoms with Gasteiger partial charge in [-0.15, -0.1) is 0 Å². The number of rotatable bonds is 29. The van der Waals surface area contributed by atoms with Crippen LogP contribution in [0.1, 0.15) is 41.5 Å². The van der Waals surface area contributed by atoms with Gasteiger partial charge in [0.2, 0.25) is 11.8 Å². The molecule has 31 N–H and O–H groups in total. The molecule has 0 aromatic heterocycles. The lowest BCUT2D eigenvalue weighted by Crippen LogP contribution is -2.73. The third-order valence-corrected chi connectivity index (χ3v) is 23.6. The molecule has 0 aliphatic carbocycles. The Bertz CT molecular complexity index is 3310. The molecule has 11 fully saturated rings. The molecule has 720 valence electrons. The predicted octanol–water partition coefficient (Wildman–Crippen LogP) is -20.6. The van der Waals surface area contributed by atoms with Crippen molar-refractivity contribution in [1.29, 1.82) is 0 Å². The SMILES string of the molecule is CC(=O)N[C@@H]1[C@@H](O[C@@H]2O[C@@H](C)[C@@H](O)[C@@H](O)[C@@H]2O)[C@H](O[C@@H]2O[C@H](CO)[C@@H](O[C@@H]3O[C@H](CO)[C@@H](O[C@@H]4O[C@H](CO)[C@H](O)[C@H](O)[C@H]4O[C@@H]4O[C@@H](C)[C@@H](O)[C@@H](O)[C@@H]4O)[C@H](O[C@H]4O[C@H](CO)[C@@H](O)[C@H](O)[C@@H]4O)[C@@H]3O)[C@H](O[C@@H]3O[C@@H](C)[C@@H](O)[C@@H](O)[C@@H]3OC3O[C@H](CO)[C@H](O)[C@H](O)[C@H]3O)[C@H]2NC(C)=O)[C@@H](CO[C@@H]2O[C@@H](C)[C@@H](O[C@@H]3O[C@H](CO)[C@H](O)[C@H](O)[C@H]3O)[C@@H](O)[C@@H]2O)O[C@H]1O. The smallest absolute Gasteiger partial charge is 0.217 e. The monoisotopic (exact) mass is 1820 g/mol. The normalized spacial score (nSPS) is 53.0. The molecule has 11 heterocycles. The summed E-state index contributed by atoms with van der Waals surface area (Å²) in [5.74, 6) is -2.11. The van der Waals surface area contributed by atoms with Gasteiger partial charge in [0, 0.05) is 13.8 Å². The van der Waals surface area contributed by atoms with Gasteiger partial charge in [0.05, 0.1) is 70.7 Å². The Labute approximate surface area is 703 Å². The summed E-state index contributed by atoms with van der Waals surface area (Å²) >= 11 is 0. The Morgan fingerprint density at radius 3 is 0.927 bits per heavy atom. The van der Waals surface area contributed by atoms with E-state index >= 15 is 0 Å². The molecule has 0 aromatic carbocycles.